The number of nitrogens with zero attached hydrogens (tertiary/aromatic N) is 3. The van der Waals surface area contributed by atoms with Crippen molar-refractivity contribution in [1.82, 2.24) is 14.8 Å². The lowest BCUT2D eigenvalue weighted by Gasteiger charge is -2.11. The Morgan fingerprint density at radius 1 is 1.37 bits per heavy atom. The van der Waals surface area contributed by atoms with Crippen molar-refractivity contribution >= 4 is 11.5 Å². The van der Waals surface area contributed by atoms with Crippen LogP contribution in [0.1, 0.15) is 26.0 Å². The van der Waals surface area contributed by atoms with E-state index < -0.39 is 0 Å². The van der Waals surface area contributed by atoms with E-state index in [2.05, 4.69) is 29.2 Å². The summed E-state index contributed by atoms with van der Waals surface area (Å²) in [5, 5.41) is 7.71. The summed E-state index contributed by atoms with van der Waals surface area (Å²) in [4.78, 5) is 4.34. The van der Waals surface area contributed by atoms with Gasteiger partial charge in [0, 0.05) is 19.4 Å². The molecule has 0 aliphatic rings. The van der Waals surface area contributed by atoms with Gasteiger partial charge in [-0.25, -0.2) is 4.98 Å². The van der Waals surface area contributed by atoms with Crippen LogP contribution >= 0.6 is 0 Å². The van der Waals surface area contributed by atoms with Crippen molar-refractivity contribution in [2.75, 3.05) is 11.9 Å². The number of aromatic nitrogens is 3. The number of nitrogens with one attached hydrogen (secondary N) is 1. The molecule has 102 valence electrons. The van der Waals surface area contributed by atoms with E-state index in [1.807, 2.05) is 25.4 Å². The molecule has 0 saturated heterocycles. The predicted molar refractivity (Wildman–Crippen MR) is 75.9 cm³/mol. The van der Waals surface area contributed by atoms with Gasteiger partial charge >= 0.3 is 0 Å². The first-order valence-electron chi connectivity index (χ1n) is 6.62. The quantitative estimate of drug-likeness (QED) is 0.867. The second-order valence-corrected chi connectivity index (χ2v) is 4.34. The zero-order valence-electron chi connectivity index (χ0n) is 11.7. The van der Waals surface area contributed by atoms with E-state index in [1.165, 1.54) is 0 Å². The lowest BCUT2D eigenvalue weighted by Crippen LogP contribution is -2.01. The van der Waals surface area contributed by atoms with E-state index in [9.17, 15) is 0 Å². The number of hydrogen-bond acceptors (Lipinski definition) is 4. The maximum atomic E-state index is 5.69. The number of aryl methyl sites for hydroxylation is 2. The summed E-state index contributed by atoms with van der Waals surface area (Å²) in [7, 11) is 1.91. The van der Waals surface area contributed by atoms with E-state index in [0.717, 1.165) is 35.8 Å². The van der Waals surface area contributed by atoms with Gasteiger partial charge in [0.25, 0.3) is 0 Å². The van der Waals surface area contributed by atoms with Crippen molar-refractivity contribution in [3.8, 4) is 5.75 Å². The van der Waals surface area contributed by atoms with E-state index >= 15 is 0 Å². The lowest BCUT2D eigenvalue weighted by molar-refractivity contribution is 0.318. The van der Waals surface area contributed by atoms with Crippen LogP contribution in [0.25, 0.3) is 0 Å². The molecule has 0 aromatic carbocycles. The molecule has 2 heterocycles. The normalized spacial score (nSPS) is 10.5. The zero-order valence-corrected chi connectivity index (χ0v) is 11.7. The minimum Gasteiger partial charge on any atom is -0.490 e. The molecule has 0 atom stereocenters. The summed E-state index contributed by atoms with van der Waals surface area (Å²) < 4.78 is 7.49. The van der Waals surface area contributed by atoms with Crippen LogP contribution in [-0.4, -0.2) is 21.4 Å². The molecular weight excluding hydrogens is 240 g/mol. The van der Waals surface area contributed by atoms with Crippen molar-refractivity contribution in [2.45, 2.75) is 26.7 Å². The molecule has 0 radical (unpaired) electrons. The van der Waals surface area contributed by atoms with Gasteiger partial charge in [-0.15, -0.1) is 0 Å². The first kappa shape index (κ1) is 13.4. The van der Waals surface area contributed by atoms with Gasteiger partial charge in [0.1, 0.15) is 0 Å². The van der Waals surface area contributed by atoms with E-state index in [1.54, 1.807) is 10.9 Å². The lowest BCUT2D eigenvalue weighted by atomic mass is 10.3. The molecule has 0 spiro atoms. The molecule has 19 heavy (non-hydrogen) atoms. The average molecular weight is 260 g/mol. The summed E-state index contributed by atoms with van der Waals surface area (Å²) >= 11 is 0. The molecule has 5 heteroatoms. The van der Waals surface area contributed by atoms with E-state index in [4.69, 9.17) is 4.74 Å². The number of ether oxygens (including phenoxy) is 1. The number of pyridine rings is 1. The van der Waals surface area contributed by atoms with Gasteiger partial charge < -0.3 is 10.1 Å². The SMILES string of the molecule is CCCOc1cccnc1Nc1cn(C)nc1CC. The van der Waals surface area contributed by atoms with E-state index in [0.29, 0.717) is 6.61 Å². The van der Waals surface area contributed by atoms with Gasteiger partial charge in [-0.1, -0.05) is 13.8 Å². The second-order valence-electron chi connectivity index (χ2n) is 4.34. The fourth-order valence-electron chi connectivity index (χ4n) is 1.84. The zero-order chi connectivity index (χ0) is 13.7. The van der Waals surface area contributed by atoms with Gasteiger partial charge in [0.05, 0.1) is 18.0 Å². The molecule has 0 amide bonds. The Kier molecular flexibility index (Phi) is 4.39. The van der Waals surface area contributed by atoms with Gasteiger partial charge in [-0.2, -0.15) is 5.10 Å². The van der Waals surface area contributed by atoms with Crippen LogP contribution in [0.5, 0.6) is 5.75 Å². The minimum absolute atomic E-state index is 0.689. The Morgan fingerprint density at radius 3 is 2.95 bits per heavy atom. The fourth-order valence-corrected chi connectivity index (χ4v) is 1.84. The highest BCUT2D eigenvalue weighted by Crippen LogP contribution is 2.26. The molecule has 0 saturated carbocycles. The maximum Gasteiger partial charge on any atom is 0.173 e. The topological polar surface area (TPSA) is 52.0 Å². The average Bonchev–Trinajstić information content (AvgIpc) is 2.78. The van der Waals surface area contributed by atoms with Crippen LogP contribution in [0.3, 0.4) is 0 Å². The summed E-state index contributed by atoms with van der Waals surface area (Å²) in [5.74, 6) is 1.51. The number of hydrogen-bond donors (Lipinski definition) is 1. The molecular formula is C14H20N4O. The van der Waals surface area contributed by atoms with Gasteiger partial charge in [0.2, 0.25) is 0 Å². The first-order chi connectivity index (χ1) is 9.24. The van der Waals surface area contributed by atoms with Gasteiger partial charge in [0.15, 0.2) is 11.6 Å². The van der Waals surface area contributed by atoms with Crippen LogP contribution in [0.2, 0.25) is 0 Å². The largest absolute Gasteiger partial charge is 0.490 e. The van der Waals surface area contributed by atoms with Crippen molar-refractivity contribution in [1.29, 1.82) is 0 Å². The summed E-state index contributed by atoms with van der Waals surface area (Å²) in [6, 6.07) is 3.80. The van der Waals surface area contributed by atoms with Crippen LogP contribution < -0.4 is 10.1 Å². The first-order valence-corrected chi connectivity index (χ1v) is 6.62. The monoisotopic (exact) mass is 260 g/mol. The summed E-state index contributed by atoms with van der Waals surface area (Å²) in [5.41, 5.74) is 2.00. The highest BCUT2D eigenvalue weighted by Gasteiger charge is 2.10. The van der Waals surface area contributed by atoms with Gasteiger partial charge in [-0.05, 0) is 25.0 Å². The van der Waals surface area contributed by atoms with Crippen molar-refractivity contribution < 1.29 is 4.74 Å². The molecule has 0 unspecified atom stereocenters. The van der Waals surface area contributed by atoms with Crippen LogP contribution in [0.15, 0.2) is 24.5 Å². The Balaban J connectivity index is 2.22. The molecule has 5 nitrogen and oxygen atoms in total. The highest BCUT2D eigenvalue weighted by atomic mass is 16.5. The second kappa shape index (κ2) is 6.22. The van der Waals surface area contributed by atoms with Gasteiger partial charge in [-0.3, -0.25) is 4.68 Å². The fraction of sp³-hybridized carbons (Fsp3) is 0.429. The minimum atomic E-state index is 0.689. The standard InChI is InChI=1S/C14H20N4O/c1-4-9-19-13-7-6-8-15-14(13)16-12-10-18(3)17-11(12)5-2/h6-8,10H,4-5,9H2,1-3H3,(H,15,16). The highest BCUT2D eigenvalue weighted by molar-refractivity contribution is 5.63. The third-order valence-electron chi connectivity index (χ3n) is 2.73. The van der Waals surface area contributed by atoms with Crippen LogP contribution in [0, 0.1) is 0 Å². The molecule has 0 aliphatic heterocycles. The summed E-state index contributed by atoms with van der Waals surface area (Å²) in [6.07, 6.45) is 5.56. The maximum absolute atomic E-state index is 5.69. The Bertz CT molecular complexity index is 536. The smallest absolute Gasteiger partial charge is 0.173 e. The van der Waals surface area contributed by atoms with Crippen LogP contribution in [-0.2, 0) is 13.5 Å². The number of anilines is 2. The van der Waals surface area contributed by atoms with Crippen molar-refractivity contribution in [2.24, 2.45) is 7.05 Å². The Hall–Kier alpha value is -2.04. The Morgan fingerprint density at radius 2 is 2.21 bits per heavy atom. The van der Waals surface area contributed by atoms with Crippen LogP contribution in [0.4, 0.5) is 11.5 Å². The molecule has 2 aromatic heterocycles. The molecule has 2 rings (SSSR count). The van der Waals surface area contributed by atoms with E-state index in [-0.39, 0.29) is 0 Å². The summed E-state index contributed by atoms with van der Waals surface area (Å²) in [6.45, 7) is 4.86. The molecule has 0 fully saturated rings. The molecule has 1 N–H and O–H groups in total. The third kappa shape index (κ3) is 3.24. The predicted octanol–water partition coefficient (Wildman–Crippen LogP) is 2.91. The Labute approximate surface area is 113 Å². The molecule has 0 aliphatic carbocycles. The van der Waals surface area contributed by atoms with Crippen molar-refractivity contribution in [3.05, 3.63) is 30.2 Å². The third-order valence-corrected chi connectivity index (χ3v) is 2.73. The number of rotatable bonds is 6. The van der Waals surface area contributed by atoms with Crippen molar-refractivity contribution in [3.63, 3.8) is 0 Å². The molecule has 0 bridgehead atoms. The molecule has 2 aromatic rings.